The first-order valence-corrected chi connectivity index (χ1v) is 14.3. The van der Waals surface area contributed by atoms with E-state index in [9.17, 15) is 9.59 Å². The summed E-state index contributed by atoms with van der Waals surface area (Å²) in [6.45, 7) is 14.1. The van der Waals surface area contributed by atoms with Crippen molar-refractivity contribution in [2.75, 3.05) is 13.2 Å². The van der Waals surface area contributed by atoms with Gasteiger partial charge in [0.15, 0.2) is 16.3 Å². The Labute approximate surface area is 238 Å². The number of esters is 1. The topological polar surface area (TPSA) is 88.4 Å². The van der Waals surface area contributed by atoms with Crippen LogP contribution in [-0.4, -0.2) is 36.0 Å². The Morgan fingerprint density at radius 3 is 2.33 bits per heavy atom. The summed E-state index contributed by atoms with van der Waals surface area (Å²) >= 11 is 1.28. The van der Waals surface area contributed by atoms with Gasteiger partial charge in [-0.3, -0.25) is 9.36 Å². The van der Waals surface area contributed by atoms with Gasteiger partial charge in [-0.15, -0.1) is 0 Å². The van der Waals surface area contributed by atoms with Crippen molar-refractivity contribution in [2.45, 2.75) is 66.7 Å². The fourth-order valence-electron chi connectivity index (χ4n) is 4.47. The first kappa shape index (κ1) is 29.1. The van der Waals surface area contributed by atoms with Crippen molar-refractivity contribution in [3.63, 3.8) is 0 Å². The van der Waals surface area contributed by atoms with Gasteiger partial charge in [-0.25, -0.2) is 9.79 Å². The lowest BCUT2D eigenvalue weighted by Crippen LogP contribution is -2.40. The molecule has 8 nitrogen and oxygen atoms in total. The summed E-state index contributed by atoms with van der Waals surface area (Å²) in [4.78, 5) is 32.4. The highest BCUT2D eigenvalue weighted by molar-refractivity contribution is 7.07. The number of nitrogens with zero attached hydrogens (tertiary/aromatic N) is 2. The van der Waals surface area contributed by atoms with Crippen molar-refractivity contribution in [1.29, 1.82) is 0 Å². The molecule has 1 aromatic heterocycles. The predicted octanol–water partition coefficient (Wildman–Crippen LogP) is 4.77. The van der Waals surface area contributed by atoms with Crippen molar-refractivity contribution >= 4 is 23.4 Å². The van der Waals surface area contributed by atoms with E-state index in [-0.39, 0.29) is 17.8 Å². The monoisotopic (exact) mass is 564 g/mol. The van der Waals surface area contributed by atoms with E-state index in [1.54, 1.807) is 25.3 Å². The minimum atomic E-state index is -0.693. The molecular formula is C31H36N2O6S. The van der Waals surface area contributed by atoms with E-state index >= 15 is 0 Å². The molecule has 1 aliphatic heterocycles. The van der Waals surface area contributed by atoms with Crippen LogP contribution >= 0.6 is 11.3 Å². The summed E-state index contributed by atoms with van der Waals surface area (Å²) in [7, 11) is 0. The Hall–Kier alpha value is -3.85. The van der Waals surface area contributed by atoms with Gasteiger partial charge in [0, 0.05) is 0 Å². The molecular weight excluding hydrogens is 528 g/mol. The van der Waals surface area contributed by atoms with Crippen molar-refractivity contribution in [2.24, 2.45) is 4.99 Å². The number of carbonyl (C=O) groups excluding carboxylic acids is 1. The lowest BCUT2D eigenvalue weighted by atomic mass is 9.96. The average Bonchev–Trinajstić information content (AvgIpc) is 3.19. The summed E-state index contributed by atoms with van der Waals surface area (Å²) in [6, 6.07) is 12.3. The summed E-state index contributed by atoms with van der Waals surface area (Å²) in [6.07, 6.45) is 1.49. The number of aromatic nitrogens is 1. The highest BCUT2D eigenvalue weighted by Crippen LogP contribution is 2.32. The minimum absolute atomic E-state index is 0.00355. The second-order valence-electron chi connectivity index (χ2n) is 9.84. The molecule has 0 N–H and O–H groups in total. The van der Waals surface area contributed by atoms with Gasteiger partial charge < -0.3 is 18.9 Å². The molecule has 0 amide bonds. The van der Waals surface area contributed by atoms with Crippen LogP contribution in [0.25, 0.3) is 6.08 Å². The van der Waals surface area contributed by atoms with Crippen molar-refractivity contribution in [1.82, 2.24) is 4.57 Å². The largest absolute Gasteiger partial charge is 0.494 e. The van der Waals surface area contributed by atoms with E-state index in [2.05, 4.69) is 4.99 Å². The van der Waals surface area contributed by atoms with E-state index in [0.29, 0.717) is 51.1 Å². The minimum Gasteiger partial charge on any atom is -0.494 e. The summed E-state index contributed by atoms with van der Waals surface area (Å²) in [5, 5.41) is 0. The van der Waals surface area contributed by atoms with Gasteiger partial charge in [0.05, 0.1) is 47.3 Å². The number of thiazole rings is 1. The maximum Gasteiger partial charge on any atom is 0.338 e. The van der Waals surface area contributed by atoms with Crippen LogP contribution in [-0.2, 0) is 9.53 Å². The number of rotatable bonds is 10. The Bertz CT molecular complexity index is 1580. The fourth-order valence-corrected chi connectivity index (χ4v) is 5.52. The molecule has 40 heavy (non-hydrogen) atoms. The van der Waals surface area contributed by atoms with Crippen LogP contribution in [0.3, 0.4) is 0 Å². The number of carbonyl (C=O) groups is 1. The molecule has 0 radical (unpaired) electrons. The van der Waals surface area contributed by atoms with E-state index in [1.807, 2.05) is 76.2 Å². The molecule has 0 unspecified atom stereocenters. The van der Waals surface area contributed by atoms with E-state index < -0.39 is 12.0 Å². The van der Waals surface area contributed by atoms with Gasteiger partial charge in [0.2, 0.25) is 0 Å². The molecule has 0 fully saturated rings. The number of allylic oxidation sites excluding steroid dienone is 1. The molecule has 0 saturated carbocycles. The highest BCUT2D eigenvalue weighted by Gasteiger charge is 2.33. The Morgan fingerprint density at radius 1 is 1.00 bits per heavy atom. The lowest BCUT2D eigenvalue weighted by molar-refractivity contribution is -0.143. The maximum absolute atomic E-state index is 13.9. The van der Waals surface area contributed by atoms with Crippen molar-refractivity contribution in [3.05, 3.63) is 84.5 Å². The second kappa shape index (κ2) is 12.6. The third-order valence-corrected chi connectivity index (χ3v) is 7.00. The van der Waals surface area contributed by atoms with Gasteiger partial charge in [-0.2, -0.15) is 0 Å². The van der Waals surface area contributed by atoms with Crippen LogP contribution in [0.1, 0.15) is 65.6 Å². The van der Waals surface area contributed by atoms with Crippen LogP contribution in [0, 0.1) is 0 Å². The fraction of sp³-hybridized carbons (Fsp3) is 0.387. The van der Waals surface area contributed by atoms with Gasteiger partial charge in [0.1, 0.15) is 5.75 Å². The van der Waals surface area contributed by atoms with Gasteiger partial charge >= 0.3 is 5.97 Å². The number of benzene rings is 2. The standard InChI is InChI=1S/C31H36N2O6S/c1-8-36-23-13-11-22(12-14-23)28-27(30(35)39-19(5)6)20(7)32-31-33(28)29(34)26(40-31)17-21-10-15-24(38-18(3)4)25(16-21)37-9-2/h10-19,28H,8-9H2,1-7H3/b26-17+/t28-/m1/s1. The van der Waals surface area contributed by atoms with Crippen LogP contribution < -0.4 is 29.1 Å². The van der Waals surface area contributed by atoms with Crippen molar-refractivity contribution in [3.8, 4) is 17.2 Å². The third kappa shape index (κ3) is 6.31. The molecule has 9 heteroatoms. The molecule has 212 valence electrons. The molecule has 0 spiro atoms. The van der Waals surface area contributed by atoms with E-state index in [0.717, 1.165) is 11.1 Å². The Balaban J connectivity index is 1.86. The normalized spacial score (nSPS) is 15.2. The summed E-state index contributed by atoms with van der Waals surface area (Å²) < 4.78 is 24.9. The SMILES string of the molecule is CCOc1ccc([C@@H]2C(C(=O)OC(C)C)=C(C)N=c3s/c(=C/c4ccc(OC(C)C)c(OCC)c4)c(=O)n32)cc1. The molecule has 1 atom stereocenters. The number of hydrogen-bond donors (Lipinski definition) is 0. The summed E-state index contributed by atoms with van der Waals surface area (Å²) in [5.74, 6) is 1.47. The highest BCUT2D eigenvalue weighted by atomic mass is 32.1. The third-order valence-electron chi connectivity index (χ3n) is 6.02. The Kier molecular flexibility index (Phi) is 9.14. The maximum atomic E-state index is 13.9. The van der Waals surface area contributed by atoms with Gasteiger partial charge in [-0.1, -0.05) is 29.5 Å². The first-order chi connectivity index (χ1) is 19.1. The number of fused-ring (bicyclic) bond motifs is 1. The zero-order valence-electron chi connectivity index (χ0n) is 24.0. The van der Waals surface area contributed by atoms with Crippen LogP contribution in [0.2, 0.25) is 0 Å². The molecule has 1 aliphatic rings. The zero-order chi connectivity index (χ0) is 29.0. The summed E-state index contributed by atoms with van der Waals surface area (Å²) in [5.41, 5.74) is 2.16. The molecule has 2 heterocycles. The zero-order valence-corrected chi connectivity index (χ0v) is 24.8. The van der Waals surface area contributed by atoms with Gasteiger partial charge in [0.25, 0.3) is 5.56 Å². The van der Waals surface area contributed by atoms with Crippen LogP contribution in [0.5, 0.6) is 17.2 Å². The van der Waals surface area contributed by atoms with Crippen LogP contribution in [0.15, 0.2) is 63.5 Å². The quantitative estimate of drug-likeness (QED) is 0.330. The predicted molar refractivity (Wildman–Crippen MR) is 156 cm³/mol. The molecule has 0 saturated heterocycles. The first-order valence-electron chi connectivity index (χ1n) is 13.5. The number of hydrogen-bond acceptors (Lipinski definition) is 8. The lowest BCUT2D eigenvalue weighted by Gasteiger charge is -2.25. The molecule has 0 aliphatic carbocycles. The smallest absolute Gasteiger partial charge is 0.338 e. The van der Waals surface area contributed by atoms with Crippen LogP contribution in [0.4, 0.5) is 0 Å². The number of ether oxygens (including phenoxy) is 4. The molecule has 3 aromatic rings. The second-order valence-corrected chi connectivity index (χ2v) is 10.9. The molecule has 0 bridgehead atoms. The molecule has 2 aromatic carbocycles. The average molecular weight is 565 g/mol. The van der Waals surface area contributed by atoms with E-state index in [1.165, 1.54) is 11.3 Å². The van der Waals surface area contributed by atoms with Crippen molar-refractivity contribution < 1.29 is 23.7 Å². The Morgan fingerprint density at radius 2 is 1.70 bits per heavy atom. The molecule has 4 rings (SSSR count). The van der Waals surface area contributed by atoms with Gasteiger partial charge in [-0.05, 0) is 89.9 Å². The van der Waals surface area contributed by atoms with E-state index in [4.69, 9.17) is 18.9 Å².